The van der Waals surface area contributed by atoms with Crippen LogP contribution in [0.15, 0.2) is 35.0 Å². The van der Waals surface area contributed by atoms with Gasteiger partial charge in [0.05, 0.1) is 11.8 Å². The third-order valence-electron chi connectivity index (χ3n) is 4.33. The number of rotatable bonds is 3. The largest absolute Gasteiger partial charge is 0.423 e. The lowest BCUT2D eigenvalue weighted by atomic mass is 10.1. The summed E-state index contributed by atoms with van der Waals surface area (Å²) < 4.78 is 7.45. The molecule has 4 rings (SSSR count). The van der Waals surface area contributed by atoms with Crippen molar-refractivity contribution in [2.45, 2.75) is 18.9 Å². The number of nitrogens with zero attached hydrogens (tertiary/aromatic N) is 4. The molecule has 1 aromatic carbocycles. The number of anilines is 1. The maximum absolute atomic E-state index is 12.3. The quantitative estimate of drug-likeness (QED) is 0.778. The van der Waals surface area contributed by atoms with Gasteiger partial charge in [-0.3, -0.25) is 9.48 Å². The second-order valence-corrected chi connectivity index (χ2v) is 6.71. The van der Waals surface area contributed by atoms with Crippen LogP contribution in [0.3, 0.4) is 0 Å². The first-order valence-electron chi connectivity index (χ1n) is 8.19. The first-order chi connectivity index (χ1) is 12.1. The predicted molar refractivity (Wildman–Crippen MR) is 94.9 cm³/mol. The number of aromatic nitrogens is 3. The topological polar surface area (TPSA) is 76.2 Å². The van der Waals surface area contributed by atoms with Crippen LogP contribution in [0, 0.1) is 0 Å². The summed E-state index contributed by atoms with van der Waals surface area (Å²) in [6.07, 6.45) is 5.16. The zero-order chi connectivity index (χ0) is 17.4. The number of amides is 1. The van der Waals surface area contributed by atoms with Crippen molar-refractivity contribution in [1.82, 2.24) is 20.1 Å². The standard InChI is InChI=1S/C17H18ClN5O2/c1-22-9-11(8-19-22)16(24)20-13-3-2-6-23(10-13)17-21-14-5-4-12(18)7-15(14)25-17/h4-5,7-9,13H,2-3,6,10H2,1H3,(H,20,24). The van der Waals surface area contributed by atoms with Gasteiger partial charge in [-0.25, -0.2) is 0 Å². The van der Waals surface area contributed by atoms with Crippen LogP contribution < -0.4 is 10.2 Å². The van der Waals surface area contributed by atoms with E-state index in [1.54, 1.807) is 36.3 Å². The van der Waals surface area contributed by atoms with Gasteiger partial charge in [0.15, 0.2) is 5.58 Å². The molecule has 1 unspecified atom stereocenters. The van der Waals surface area contributed by atoms with Crippen LogP contribution in [0.2, 0.25) is 5.02 Å². The SMILES string of the molecule is Cn1cc(C(=O)NC2CCCN(c3nc4ccc(Cl)cc4o3)C2)cn1. The maximum atomic E-state index is 12.3. The van der Waals surface area contributed by atoms with Crippen molar-refractivity contribution in [3.05, 3.63) is 41.2 Å². The van der Waals surface area contributed by atoms with Gasteiger partial charge in [-0.05, 0) is 25.0 Å². The van der Waals surface area contributed by atoms with Crippen LogP contribution in [-0.2, 0) is 7.05 Å². The highest BCUT2D eigenvalue weighted by Gasteiger charge is 2.25. The lowest BCUT2D eigenvalue weighted by Gasteiger charge is -2.31. The first kappa shape index (κ1) is 16.0. The predicted octanol–water partition coefficient (Wildman–Crippen LogP) is 2.61. The fraction of sp³-hybridized carbons (Fsp3) is 0.353. The molecule has 1 aliphatic heterocycles. The Bertz CT molecular complexity index is 919. The van der Waals surface area contributed by atoms with Crippen LogP contribution in [0.4, 0.5) is 6.01 Å². The molecular weight excluding hydrogens is 342 g/mol. The number of hydrogen-bond donors (Lipinski definition) is 1. The van der Waals surface area contributed by atoms with Crippen molar-refractivity contribution in [3.63, 3.8) is 0 Å². The summed E-state index contributed by atoms with van der Waals surface area (Å²) in [6.45, 7) is 1.51. The first-order valence-corrected chi connectivity index (χ1v) is 8.57. The number of carbonyl (C=O) groups excluding carboxylic acids is 1. The highest BCUT2D eigenvalue weighted by Crippen LogP contribution is 2.26. The molecule has 1 amide bonds. The summed E-state index contributed by atoms with van der Waals surface area (Å²) in [6, 6.07) is 6.01. The van der Waals surface area contributed by atoms with E-state index in [2.05, 4.69) is 20.3 Å². The molecule has 1 aliphatic rings. The normalized spacial score (nSPS) is 17.8. The number of carbonyl (C=O) groups is 1. The minimum Gasteiger partial charge on any atom is -0.423 e. The average Bonchev–Trinajstić information content (AvgIpc) is 3.21. The molecule has 1 saturated heterocycles. The van der Waals surface area contributed by atoms with Crippen LogP contribution in [-0.4, -0.2) is 39.8 Å². The lowest BCUT2D eigenvalue weighted by molar-refractivity contribution is 0.0932. The summed E-state index contributed by atoms with van der Waals surface area (Å²) >= 11 is 6.00. The fourth-order valence-corrected chi connectivity index (χ4v) is 3.26. The molecule has 25 heavy (non-hydrogen) atoms. The third-order valence-corrected chi connectivity index (χ3v) is 4.57. The molecule has 2 aromatic heterocycles. The zero-order valence-corrected chi connectivity index (χ0v) is 14.5. The van der Waals surface area contributed by atoms with Crippen LogP contribution in [0.25, 0.3) is 11.1 Å². The molecular formula is C17H18ClN5O2. The number of aryl methyl sites for hydroxylation is 1. The summed E-state index contributed by atoms with van der Waals surface area (Å²) in [4.78, 5) is 18.9. The molecule has 1 atom stereocenters. The second-order valence-electron chi connectivity index (χ2n) is 6.27. The van der Waals surface area contributed by atoms with E-state index in [1.807, 2.05) is 6.07 Å². The Labute approximate surface area is 149 Å². The van der Waals surface area contributed by atoms with Gasteiger partial charge in [0.1, 0.15) is 5.52 Å². The Kier molecular flexibility index (Phi) is 4.09. The zero-order valence-electron chi connectivity index (χ0n) is 13.8. The molecule has 1 fully saturated rings. The van der Waals surface area contributed by atoms with Gasteiger partial charge in [0, 0.05) is 43.5 Å². The lowest BCUT2D eigenvalue weighted by Crippen LogP contribution is -2.47. The molecule has 1 N–H and O–H groups in total. The van der Waals surface area contributed by atoms with Crippen LogP contribution in [0.1, 0.15) is 23.2 Å². The maximum Gasteiger partial charge on any atom is 0.298 e. The summed E-state index contributed by atoms with van der Waals surface area (Å²) in [5.74, 6) is -0.107. The van der Waals surface area contributed by atoms with Crippen molar-refractivity contribution in [2.24, 2.45) is 7.05 Å². The molecule has 7 nitrogen and oxygen atoms in total. The highest BCUT2D eigenvalue weighted by molar-refractivity contribution is 6.31. The summed E-state index contributed by atoms with van der Waals surface area (Å²) in [7, 11) is 1.79. The Hall–Kier alpha value is -2.54. The molecule has 0 radical (unpaired) electrons. The Morgan fingerprint density at radius 1 is 1.44 bits per heavy atom. The Balaban J connectivity index is 1.47. The Morgan fingerprint density at radius 2 is 2.32 bits per heavy atom. The molecule has 0 bridgehead atoms. The monoisotopic (exact) mass is 359 g/mol. The van der Waals surface area contributed by atoms with E-state index in [0.29, 0.717) is 28.7 Å². The van der Waals surface area contributed by atoms with Crippen molar-refractivity contribution in [3.8, 4) is 0 Å². The van der Waals surface area contributed by atoms with E-state index in [-0.39, 0.29) is 11.9 Å². The van der Waals surface area contributed by atoms with Gasteiger partial charge in [-0.15, -0.1) is 0 Å². The number of piperidine rings is 1. The number of nitrogens with one attached hydrogen (secondary N) is 1. The van der Waals surface area contributed by atoms with E-state index in [1.165, 1.54) is 0 Å². The van der Waals surface area contributed by atoms with E-state index in [9.17, 15) is 4.79 Å². The van der Waals surface area contributed by atoms with E-state index in [0.717, 1.165) is 24.9 Å². The molecule has 0 spiro atoms. The highest BCUT2D eigenvalue weighted by atomic mass is 35.5. The average molecular weight is 360 g/mol. The molecule has 8 heteroatoms. The molecule has 0 saturated carbocycles. The van der Waals surface area contributed by atoms with Crippen molar-refractivity contribution < 1.29 is 9.21 Å². The van der Waals surface area contributed by atoms with Crippen molar-refractivity contribution in [2.75, 3.05) is 18.0 Å². The molecule has 0 aliphatic carbocycles. The minimum absolute atomic E-state index is 0.0417. The number of fused-ring (bicyclic) bond motifs is 1. The van der Waals surface area contributed by atoms with Gasteiger partial charge in [-0.2, -0.15) is 10.1 Å². The van der Waals surface area contributed by atoms with Gasteiger partial charge in [-0.1, -0.05) is 11.6 Å². The van der Waals surface area contributed by atoms with Crippen molar-refractivity contribution >= 4 is 34.6 Å². The van der Waals surface area contributed by atoms with E-state index in [4.69, 9.17) is 16.0 Å². The molecule has 3 heterocycles. The third kappa shape index (κ3) is 3.32. The van der Waals surface area contributed by atoms with Crippen LogP contribution in [0.5, 0.6) is 0 Å². The van der Waals surface area contributed by atoms with Crippen LogP contribution >= 0.6 is 11.6 Å². The smallest absolute Gasteiger partial charge is 0.298 e. The number of oxazole rings is 1. The molecule has 3 aromatic rings. The summed E-state index contributed by atoms with van der Waals surface area (Å²) in [5, 5.41) is 7.72. The van der Waals surface area contributed by atoms with E-state index < -0.39 is 0 Å². The number of benzene rings is 1. The van der Waals surface area contributed by atoms with Gasteiger partial charge in [0.2, 0.25) is 0 Å². The second kappa shape index (κ2) is 6.40. The summed E-state index contributed by atoms with van der Waals surface area (Å²) in [5.41, 5.74) is 2.01. The van der Waals surface area contributed by atoms with Gasteiger partial charge >= 0.3 is 0 Å². The van der Waals surface area contributed by atoms with Gasteiger partial charge < -0.3 is 14.6 Å². The Morgan fingerprint density at radius 3 is 3.12 bits per heavy atom. The number of halogens is 1. The number of hydrogen-bond acceptors (Lipinski definition) is 5. The minimum atomic E-state index is -0.107. The van der Waals surface area contributed by atoms with E-state index >= 15 is 0 Å². The van der Waals surface area contributed by atoms with Gasteiger partial charge in [0.25, 0.3) is 11.9 Å². The molecule has 130 valence electrons. The fourth-order valence-electron chi connectivity index (χ4n) is 3.10. The van der Waals surface area contributed by atoms with Crippen molar-refractivity contribution in [1.29, 1.82) is 0 Å².